The fourth-order valence-corrected chi connectivity index (χ4v) is 4.88. The fraction of sp³-hybridized carbons (Fsp3) is 0.583. The molecule has 1 aliphatic carbocycles. The van der Waals surface area contributed by atoms with Crippen molar-refractivity contribution >= 4 is 22.7 Å². The largest absolute Gasteiger partial charge is 0.511 e. The third kappa shape index (κ3) is 4.86. The van der Waals surface area contributed by atoms with Gasteiger partial charge in [-0.25, -0.2) is 9.18 Å². The Balaban J connectivity index is 1.39. The van der Waals surface area contributed by atoms with Crippen molar-refractivity contribution in [1.82, 2.24) is 9.47 Å². The van der Waals surface area contributed by atoms with E-state index in [9.17, 15) is 14.7 Å². The summed E-state index contributed by atoms with van der Waals surface area (Å²) < 4.78 is 33.2. The average molecular weight is 492 g/mol. The number of hydrogen-bond acceptors (Lipinski definition) is 8. The molecule has 2 saturated heterocycles. The quantitative estimate of drug-likeness (QED) is 0.621. The highest BCUT2D eigenvalue weighted by molar-refractivity contribution is 5.85. The van der Waals surface area contributed by atoms with Crippen molar-refractivity contribution in [2.75, 3.05) is 44.3 Å². The first-order valence-electron chi connectivity index (χ1n) is 11.9. The van der Waals surface area contributed by atoms with Crippen molar-refractivity contribution in [2.24, 2.45) is 0 Å². The Morgan fingerprint density at radius 2 is 1.83 bits per heavy atom. The Morgan fingerprint density at radius 1 is 1.14 bits per heavy atom. The zero-order valence-corrected chi connectivity index (χ0v) is 19.8. The van der Waals surface area contributed by atoms with Crippen LogP contribution in [0.4, 0.5) is 14.9 Å². The zero-order valence-electron chi connectivity index (χ0n) is 19.8. The van der Waals surface area contributed by atoms with Gasteiger partial charge in [0, 0.05) is 32.2 Å². The minimum absolute atomic E-state index is 0.0943. The molecule has 0 spiro atoms. The molecule has 0 radical (unpaired) electrons. The molecule has 3 heterocycles. The topological polar surface area (TPSA) is 114 Å². The Labute approximate surface area is 201 Å². The number of ether oxygens (including phenoxy) is 3. The Bertz CT molecular complexity index is 1190. The second-order valence-corrected chi connectivity index (χ2v) is 9.83. The number of piperazine rings is 1. The van der Waals surface area contributed by atoms with Gasteiger partial charge in [-0.3, -0.25) is 9.69 Å². The average Bonchev–Trinajstić information content (AvgIpc) is 3.66. The van der Waals surface area contributed by atoms with Gasteiger partial charge in [-0.15, -0.1) is 0 Å². The molecule has 1 aromatic heterocycles. The van der Waals surface area contributed by atoms with Crippen LogP contribution in [-0.4, -0.2) is 83.2 Å². The number of pyridine rings is 1. The molecule has 2 aromatic rings. The Hall–Kier alpha value is -2.73. The lowest BCUT2D eigenvalue weighted by Gasteiger charge is -2.41. The number of carbonyl (C=O) groups is 1. The van der Waals surface area contributed by atoms with Crippen LogP contribution in [0.15, 0.2) is 23.1 Å². The van der Waals surface area contributed by atoms with Crippen molar-refractivity contribution < 1.29 is 33.6 Å². The van der Waals surface area contributed by atoms with Crippen molar-refractivity contribution in [2.45, 2.75) is 50.7 Å². The minimum Gasteiger partial charge on any atom is -0.449 e. The molecule has 2 unspecified atom stereocenters. The molecule has 10 nitrogen and oxygen atoms in total. The van der Waals surface area contributed by atoms with Gasteiger partial charge in [0.15, 0.2) is 11.5 Å². The maximum absolute atomic E-state index is 15.2. The second kappa shape index (κ2) is 9.05. The van der Waals surface area contributed by atoms with Crippen molar-refractivity contribution in [3.8, 4) is 5.75 Å². The predicted octanol–water partition coefficient (Wildman–Crippen LogP) is 2.17. The summed E-state index contributed by atoms with van der Waals surface area (Å²) in [5, 5.41) is 19.6. The first kappa shape index (κ1) is 24.0. The maximum Gasteiger partial charge on any atom is 0.511 e. The smallest absolute Gasteiger partial charge is 0.449 e. The lowest BCUT2D eigenvalue weighted by Crippen LogP contribution is -2.55. The maximum atomic E-state index is 15.2. The normalized spacial score (nSPS) is 25.4. The lowest BCUT2D eigenvalue weighted by atomic mass is 10.1. The summed E-state index contributed by atoms with van der Waals surface area (Å²) in [6, 6.07) is 2.75. The minimum atomic E-state index is -1.59. The summed E-state index contributed by atoms with van der Waals surface area (Å²) in [6.45, 7) is 6.43. The van der Waals surface area contributed by atoms with Crippen LogP contribution in [0.1, 0.15) is 32.7 Å². The highest BCUT2D eigenvalue weighted by Gasteiger charge is 2.36. The van der Waals surface area contributed by atoms with Crippen LogP contribution in [0.5, 0.6) is 5.75 Å². The summed E-state index contributed by atoms with van der Waals surface area (Å²) in [6.07, 6.45) is 0.922. The van der Waals surface area contributed by atoms with Crippen LogP contribution in [0, 0.1) is 5.82 Å². The first-order valence-corrected chi connectivity index (χ1v) is 11.9. The summed E-state index contributed by atoms with van der Waals surface area (Å²) in [5.41, 5.74) is 0.295. The molecule has 5 rings (SSSR count). The van der Waals surface area contributed by atoms with Gasteiger partial charge in [-0.1, -0.05) is 0 Å². The summed E-state index contributed by atoms with van der Waals surface area (Å²) >= 11 is 0. The van der Waals surface area contributed by atoms with Gasteiger partial charge >= 0.3 is 6.16 Å². The molecule has 0 amide bonds. The second-order valence-electron chi connectivity index (χ2n) is 9.83. The standard InChI is InChI=1S/C24H30FN3O7/c1-24(2)33-12-19(20(29)13-34-24)27-7-5-26(6-8-27)18-10-17-15(9-16(18)25)22(30)21(35-23(31)32)11-28(17)14-3-4-14/h9-11,14,19-20,29H,3-8,12-13H2,1-2H3,(H,31,32). The third-order valence-corrected chi connectivity index (χ3v) is 6.98. The predicted molar refractivity (Wildman–Crippen MR) is 125 cm³/mol. The number of halogens is 1. The van der Waals surface area contributed by atoms with Crippen LogP contribution in [0.2, 0.25) is 0 Å². The van der Waals surface area contributed by atoms with E-state index in [1.54, 1.807) is 6.07 Å². The van der Waals surface area contributed by atoms with Crippen molar-refractivity contribution in [3.63, 3.8) is 0 Å². The van der Waals surface area contributed by atoms with Gasteiger partial charge in [0.2, 0.25) is 5.43 Å². The van der Waals surface area contributed by atoms with Gasteiger partial charge in [0.05, 0.1) is 48.1 Å². The highest BCUT2D eigenvalue weighted by Crippen LogP contribution is 2.39. The number of aliphatic hydroxyl groups is 1. The summed E-state index contributed by atoms with van der Waals surface area (Å²) in [7, 11) is 0. The van der Waals surface area contributed by atoms with E-state index in [0.717, 1.165) is 12.8 Å². The highest BCUT2D eigenvalue weighted by atomic mass is 19.1. The summed E-state index contributed by atoms with van der Waals surface area (Å²) in [5.74, 6) is -1.63. The number of carboxylic acid groups (broad SMARTS) is 1. The molecule has 2 N–H and O–H groups in total. The van der Waals surface area contributed by atoms with Gasteiger partial charge in [-0.2, -0.15) is 0 Å². The van der Waals surface area contributed by atoms with E-state index in [1.807, 2.05) is 23.3 Å². The molecule has 3 fully saturated rings. The number of aliphatic hydroxyl groups excluding tert-OH is 1. The number of fused-ring (bicyclic) bond motifs is 1. The number of anilines is 1. The Kier molecular flexibility index (Phi) is 6.20. The number of nitrogens with zero attached hydrogens (tertiary/aromatic N) is 3. The van der Waals surface area contributed by atoms with Crippen LogP contribution in [0.25, 0.3) is 10.9 Å². The number of benzene rings is 1. The number of rotatable bonds is 4. The van der Waals surface area contributed by atoms with E-state index in [1.165, 1.54) is 12.3 Å². The van der Waals surface area contributed by atoms with E-state index in [4.69, 9.17) is 14.6 Å². The number of hydrogen-bond donors (Lipinski definition) is 2. The monoisotopic (exact) mass is 491 g/mol. The van der Waals surface area contributed by atoms with Gasteiger partial charge in [0.25, 0.3) is 0 Å². The van der Waals surface area contributed by atoms with Gasteiger partial charge in [0.1, 0.15) is 5.82 Å². The molecule has 11 heteroatoms. The lowest BCUT2D eigenvalue weighted by molar-refractivity contribution is -0.204. The zero-order chi connectivity index (χ0) is 24.9. The molecule has 190 valence electrons. The van der Waals surface area contributed by atoms with Crippen molar-refractivity contribution in [1.29, 1.82) is 0 Å². The van der Waals surface area contributed by atoms with Crippen LogP contribution in [0.3, 0.4) is 0 Å². The molecule has 35 heavy (non-hydrogen) atoms. The van der Waals surface area contributed by atoms with Crippen molar-refractivity contribution in [3.05, 3.63) is 34.4 Å². The molecule has 0 bridgehead atoms. The van der Waals surface area contributed by atoms with Gasteiger partial charge < -0.3 is 33.9 Å². The SMILES string of the molecule is CC1(C)OCC(O)C(N2CCN(c3cc4c(cc3F)c(=O)c(OC(=O)O)cn4C3CC3)CC2)CO1. The van der Waals surface area contributed by atoms with E-state index in [0.29, 0.717) is 44.0 Å². The van der Waals surface area contributed by atoms with E-state index < -0.39 is 29.3 Å². The third-order valence-electron chi connectivity index (χ3n) is 6.98. The first-order chi connectivity index (χ1) is 16.6. The van der Waals surface area contributed by atoms with E-state index in [-0.39, 0.29) is 29.8 Å². The summed E-state index contributed by atoms with van der Waals surface area (Å²) in [4.78, 5) is 27.9. The molecular formula is C24H30FN3O7. The number of aromatic nitrogens is 1. The Morgan fingerprint density at radius 3 is 2.49 bits per heavy atom. The van der Waals surface area contributed by atoms with Crippen LogP contribution in [-0.2, 0) is 9.47 Å². The molecule has 1 aromatic carbocycles. The van der Waals surface area contributed by atoms with E-state index in [2.05, 4.69) is 9.64 Å². The molecule has 1 saturated carbocycles. The fourth-order valence-electron chi connectivity index (χ4n) is 4.88. The van der Waals surface area contributed by atoms with Crippen LogP contribution >= 0.6 is 0 Å². The van der Waals surface area contributed by atoms with Crippen LogP contribution < -0.4 is 15.1 Å². The molecule has 2 aliphatic heterocycles. The van der Waals surface area contributed by atoms with E-state index >= 15 is 4.39 Å². The van der Waals surface area contributed by atoms with Gasteiger partial charge in [-0.05, 0) is 38.8 Å². The molecular weight excluding hydrogens is 461 g/mol. The molecule has 3 aliphatic rings. The molecule has 2 atom stereocenters.